The summed E-state index contributed by atoms with van der Waals surface area (Å²) in [6.45, 7) is 3.91. The van der Waals surface area contributed by atoms with Gasteiger partial charge in [-0.2, -0.15) is 0 Å². The summed E-state index contributed by atoms with van der Waals surface area (Å²) in [5.74, 6) is -0.188. The van der Waals surface area contributed by atoms with Crippen LogP contribution in [0.25, 0.3) is 0 Å². The van der Waals surface area contributed by atoms with Gasteiger partial charge in [-0.1, -0.05) is 29.3 Å². The minimum absolute atomic E-state index is 0.188. The molecular formula is C13H11Cl2NOS. The van der Waals surface area contributed by atoms with Crippen LogP contribution in [0.1, 0.15) is 20.8 Å². The van der Waals surface area contributed by atoms with Crippen molar-refractivity contribution in [1.82, 2.24) is 0 Å². The molecule has 1 heterocycles. The third kappa shape index (κ3) is 2.53. The molecule has 18 heavy (non-hydrogen) atoms. The van der Waals surface area contributed by atoms with Crippen LogP contribution in [0.4, 0.5) is 5.69 Å². The van der Waals surface area contributed by atoms with Gasteiger partial charge < -0.3 is 5.32 Å². The van der Waals surface area contributed by atoms with E-state index in [1.807, 2.05) is 19.2 Å². The van der Waals surface area contributed by atoms with Crippen LogP contribution in [0.2, 0.25) is 10.0 Å². The second-order valence-corrected chi connectivity index (χ2v) is 5.78. The quantitative estimate of drug-likeness (QED) is 0.837. The number of hydrogen-bond donors (Lipinski definition) is 1. The number of halogens is 2. The number of carbonyl (C=O) groups is 1. The van der Waals surface area contributed by atoms with E-state index in [0.29, 0.717) is 21.3 Å². The highest BCUT2D eigenvalue weighted by molar-refractivity contribution is 7.10. The standard InChI is InChI=1S/C13H11Cl2NOS/c1-7-8(2)18-6-9(7)13(17)16-12-10(14)4-3-5-11(12)15/h3-6H,1-2H3,(H,16,17). The predicted molar refractivity (Wildman–Crippen MR) is 78.2 cm³/mol. The molecule has 0 aliphatic rings. The summed E-state index contributed by atoms with van der Waals surface area (Å²) in [5, 5.41) is 5.45. The molecule has 2 nitrogen and oxygen atoms in total. The number of para-hydroxylation sites is 1. The van der Waals surface area contributed by atoms with E-state index >= 15 is 0 Å². The first-order valence-corrected chi connectivity index (χ1v) is 6.94. The van der Waals surface area contributed by atoms with Crippen molar-refractivity contribution in [2.45, 2.75) is 13.8 Å². The van der Waals surface area contributed by atoms with Crippen molar-refractivity contribution < 1.29 is 4.79 Å². The largest absolute Gasteiger partial charge is 0.319 e. The van der Waals surface area contributed by atoms with Gasteiger partial charge in [-0.15, -0.1) is 11.3 Å². The number of thiophene rings is 1. The van der Waals surface area contributed by atoms with Gasteiger partial charge in [-0.3, -0.25) is 4.79 Å². The molecule has 0 bridgehead atoms. The van der Waals surface area contributed by atoms with Gasteiger partial charge in [0.25, 0.3) is 5.91 Å². The van der Waals surface area contributed by atoms with Crippen molar-refractivity contribution in [2.75, 3.05) is 5.32 Å². The fraction of sp³-hybridized carbons (Fsp3) is 0.154. The predicted octanol–water partition coefficient (Wildman–Crippen LogP) is 4.92. The lowest BCUT2D eigenvalue weighted by Gasteiger charge is -2.08. The van der Waals surface area contributed by atoms with E-state index in [1.54, 1.807) is 29.5 Å². The third-order valence-electron chi connectivity index (χ3n) is 2.73. The summed E-state index contributed by atoms with van der Waals surface area (Å²) < 4.78 is 0. The van der Waals surface area contributed by atoms with Crippen molar-refractivity contribution in [2.24, 2.45) is 0 Å². The zero-order valence-electron chi connectivity index (χ0n) is 9.88. The zero-order valence-corrected chi connectivity index (χ0v) is 12.2. The monoisotopic (exact) mass is 299 g/mol. The molecule has 0 spiro atoms. The molecule has 0 radical (unpaired) electrons. The van der Waals surface area contributed by atoms with Crippen LogP contribution >= 0.6 is 34.5 Å². The molecule has 2 aromatic rings. The molecule has 5 heteroatoms. The van der Waals surface area contributed by atoms with Gasteiger partial charge in [-0.05, 0) is 31.5 Å². The molecule has 1 amide bonds. The van der Waals surface area contributed by atoms with E-state index < -0.39 is 0 Å². The first kappa shape index (κ1) is 13.4. The van der Waals surface area contributed by atoms with Gasteiger partial charge >= 0.3 is 0 Å². The molecule has 0 aliphatic carbocycles. The first-order valence-electron chi connectivity index (χ1n) is 5.30. The molecule has 0 saturated heterocycles. The van der Waals surface area contributed by atoms with Crippen molar-refractivity contribution in [3.8, 4) is 0 Å². The Morgan fingerprint density at radius 1 is 1.22 bits per heavy atom. The Kier molecular flexibility index (Phi) is 3.95. The molecule has 0 unspecified atom stereocenters. The van der Waals surface area contributed by atoms with E-state index in [1.165, 1.54) is 0 Å². The van der Waals surface area contributed by atoms with Crippen LogP contribution < -0.4 is 5.32 Å². The molecule has 0 aliphatic heterocycles. The Hall–Kier alpha value is -1.03. The SMILES string of the molecule is Cc1scc(C(=O)Nc2c(Cl)cccc2Cl)c1C. The van der Waals surface area contributed by atoms with Crippen LogP contribution in [0.3, 0.4) is 0 Å². The average molecular weight is 300 g/mol. The zero-order chi connectivity index (χ0) is 13.3. The van der Waals surface area contributed by atoms with Crippen LogP contribution in [-0.4, -0.2) is 5.91 Å². The van der Waals surface area contributed by atoms with Gasteiger partial charge in [-0.25, -0.2) is 0 Å². The molecular weight excluding hydrogens is 289 g/mol. The van der Waals surface area contributed by atoms with Gasteiger partial charge in [0, 0.05) is 10.3 Å². The normalized spacial score (nSPS) is 10.4. The first-order chi connectivity index (χ1) is 8.50. The van der Waals surface area contributed by atoms with Crippen molar-refractivity contribution in [3.05, 3.63) is 49.6 Å². The number of nitrogens with one attached hydrogen (secondary N) is 1. The summed E-state index contributed by atoms with van der Waals surface area (Å²) >= 11 is 13.6. The molecule has 94 valence electrons. The fourth-order valence-electron chi connectivity index (χ4n) is 1.54. The number of hydrogen-bond acceptors (Lipinski definition) is 2. The van der Waals surface area contributed by atoms with Gasteiger partial charge in [0.15, 0.2) is 0 Å². The maximum atomic E-state index is 12.1. The molecule has 0 saturated carbocycles. The summed E-state index contributed by atoms with van der Waals surface area (Å²) in [4.78, 5) is 13.3. The Bertz CT molecular complexity index is 587. The highest BCUT2D eigenvalue weighted by Crippen LogP contribution is 2.31. The fourth-order valence-corrected chi connectivity index (χ4v) is 2.89. The summed E-state index contributed by atoms with van der Waals surface area (Å²) in [5.41, 5.74) is 2.10. The van der Waals surface area contributed by atoms with E-state index in [9.17, 15) is 4.79 Å². The van der Waals surface area contributed by atoms with Gasteiger partial charge in [0.2, 0.25) is 0 Å². The van der Waals surface area contributed by atoms with Crippen LogP contribution in [-0.2, 0) is 0 Å². The van der Waals surface area contributed by atoms with Gasteiger partial charge in [0.1, 0.15) is 0 Å². The van der Waals surface area contributed by atoms with Crippen molar-refractivity contribution in [1.29, 1.82) is 0 Å². The second-order valence-electron chi connectivity index (χ2n) is 3.88. The van der Waals surface area contributed by atoms with Crippen LogP contribution in [0, 0.1) is 13.8 Å². The number of rotatable bonds is 2. The second kappa shape index (κ2) is 5.31. The van der Waals surface area contributed by atoms with Crippen molar-refractivity contribution >= 4 is 46.1 Å². The Labute approximate surface area is 120 Å². The van der Waals surface area contributed by atoms with Crippen molar-refractivity contribution in [3.63, 3.8) is 0 Å². The van der Waals surface area contributed by atoms with E-state index in [2.05, 4.69) is 5.32 Å². The third-order valence-corrected chi connectivity index (χ3v) is 4.37. The van der Waals surface area contributed by atoms with E-state index in [4.69, 9.17) is 23.2 Å². The summed E-state index contributed by atoms with van der Waals surface area (Å²) in [7, 11) is 0. The molecule has 2 rings (SSSR count). The molecule has 1 aromatic carbocycles. The topological polar surface area (TPSA) is 29.1 Å². The number of benzene rings is 1. The molecule has 0 fully saturated rings. The highest BCUT2D eigenvalue weighted by atomic mass is 35.5. The lowest BCUT2D eigenvalue weighted by atomic mass is 10.1. The van der Waals surface area contributed by atoms with Crippen LogP contribution in [0.5, 0.6) is 0 Å². The maximum Gasteiger partial charge on any atom is 0.256 e. The lowest BCUT2D eigenvalue weighted by Crippen LogP contribution is -2.13. The average Bonchev–Trinajstić information content (AvgIpc) is 2.65. The van der Waals surface area contributed by atoms with Crippen LogP contribution in [0.15, 0.2) is 23.6 Å². The minimum Gasteiger partial charge on any atom is -0.319 e. The molecule has 0 atom stereocenters. The molecule has 1 aromatic heterocycles. The highest BCUT2D eigenvalue weighted by Gasteiger charge is 2.15. The number of aryl methyl sites for hydroxylation is 1. The number of amides is 1. The Morgan fingerprint density at radius 3 is 2.33 bits per heavy atom. The number of carbonyl (C=O) groups excluding carboxylic acids is 1. The van der Waals surface area contributed by atoms with Gasteiger partial charge in [0.05, 0.1) is 21.3 Å². The molecule has 1 N–H and O–H groups in total. The number of anilines is 1. The summed E-state index contributed by atoms with van der Waals surface area (Å²) in [6.07, 6.45) is 0. The van der Waals surface area contributed by atoms with E-state index in [-0.39, 0.29) is 5.91 Å². The Morgan fingerprint density at radius 2 is 1.83 bits per heavy atom. The minimum atomic E-state index is -0.188. The Balaban J connectivity index is 2.30. The lowest BCUT2D eigenvalue weighted by molar-refractivity contribution is 0.102. The van der Waals surface area contributed by atoms with E-state index in [0.717, 1.165) is 10.4 Å². The summed E-state index contributed by atoms with van der Waals surface area (Å²) in [6, 6.07) is 5.11. The smallest absolute Gasteiger partial charge is 0.256 e. The maximum absolute atomic E-state index is 12.1.